The molecule has 0 saturated heterocycles. The van der Waals surface area contributed by atoms with Crippen molar-refractivity contribution in [1.29, 1.82) is 0 Å². The number of carbonyl (C=O) groups is 1. The zero-order valence-electron chi connectivity index (χ0n) is 14.4. The van der Waals surface area contributed by atoms with Crippen LogP contribution in [0.2, 0.25) is 0 Å². The molecule has 3 N–H and O–H groups in total. The van der Waals surface area contributed by atoms with E-state index in [1.165, 1.54) is 14.2 Å². The highest BCUT2D eigenvalue weighted by molar-refractivity contribution is 7.80. The van der Waals surface area contributed by atoms with E-state index in [0.29, 0.717) is 41.5 Å². The van der Waals surface area contributed by atoms with Crippen molar-refractivity contribution in [1.82, 2.24) is 10.8 Å². The van der Waals surface area contributed by atoms with Crippen molar-refractivity contribution in [2.24, 2.45) is 0 Å². The topological polar surface area (TPSA) is 89.1 Å². The zero-order valence-corrected chi connectivity index (χ0v) is 15.3. The van der Waals surface area contributed by atoms with E-state index in [2.05, 4.69) is 5.32 Å². The predicted octanol–water partition coefficient (Wildman–Crippen LogP) is 2.17. The molecule has 8 heteroatoms. The highest BCUT2D eigenvalue weighted by Crippen LogP contribution is 2.22. The summed E-state index contributed by atoms with van der Waals surface area (Å²) >= 11 is 4.91. The summed E-state index contributed by atoms with van der Waals surface area (Å²) in [7, 11) is 3.05. The van der Waals surface area contributed by atoms with Gasteiger partial charge in [0.15, 0.2) is 0 Å². The molecule has 0 saturated carbocycles. The minimum atomic E-state index is -0.250. The van der Waals surface area contributed by atoms with Gasteiger partial charge in [-0.25, -0.2) is 0 Å². The van der Waals surface area contributed by atoms with E-state index in [1.807, 2.05) is 5.48 Å². The fourth-order valence-electron chi connectivity index (χ4n) is 2.14. The summed E-state index contributed by atoms with van der Waals surface area (Å²) in [6.07, 6.45) is 0. The van der Waals surface area contributed by atoms with Gasteiger partial charge >= 0.3 is 0 Å². The molecule has 0 aliphatic rings. The van der Waals surface area contributed by atoms with Gasteiger partial charge in [-0.05, 0) is 36.4 Å². The maximum absolute atomic E-state index is 12.2. The van der Waals surface area contributed by atoms with Crippen LogP contribution in [0.15, 0.2) is 42.5 Å². The van der Waals surface area contributed by atoms with Crippen LogP contribution in [0.1, 0.15) is 15.9 Å². The summed E-state index contributed by atoms with van der Waals surface area (Å²) in [4.78, 5) is 12.5. The number of rotatable bonds is 8. The first-order valence-electron chi connectivity index (χ1n) is 7.76. The van der Waals surface area contributed by atoms with Crippen LogP contribution in [0, 0.1) is 0 Å². The number of amides is 1. The first-order chi connectivity index (χ1) is 12.6. The first-order valence-corrected chi connectivity index (χ1v) is 8.16. The number of hydrogen-bond acceptors (Lipinski definition) is 6. The Bertz CT molecular complexity index is 742. The average molecular weight is 376 g/mol. The van der Waals surface area contributed by atoms with Gasteiger partial charge in [-0.2, -0.15) is 0 Å². The minimum absolute atomic E-state index is 0.234. The third kappa shape index (κ3) is 5.33. The molecule has 0 fully saturated rings. The van der Waals surface area contributed by atoms with E-state index >= 15 is 0 Å². The van der Waals surface area contributed by atoms with Gasteiger partial charge in [0.25, 0.3) is 5.91 Å². The highest BCUT2D eigenvalue weighted by atomic mass is 32.1. The molecule has 0 spiro atoms. The molecule has 0 atom stereocenters. The molecular weight excluding hydrogens is 356 g/mol. The molecule has 2 aromatic rings. The lowest BCUT2D eigenvalue weighted by Crippen LogP contribution is -2.28. The molecule has 26 heavy (non-hydrogen) atoms. The summed E-state index contributed by atoms with van der Waals surface area (Å²) in [5.74, 6) is 1.47. The predicted molar refractivity (Wildman–Crippen MR) is 100 cm³/mol. The van der Waals surface area contributed by atoms with Crippen LogP contribution in [-0.2, 0) is 0 Å². The summed E-state index contributed by atoms with van der Waals surface area (Å²) in [5, 5.41) is 11.5. The SMILES string of the molecule is COc1cc(OC)cc(C(=O)NCCOc2ccc(C(=S)NO)cc2)c1. The van der Waals surface area contributed by atoms with Crippen LogP contribution >= 0.6 is 12.2 Å². The Kier molecular flexibility index (Phi) is 7.19. The lowest BCUT2D eigenvalue weighted by atomic mass is 10.2. The molecule has 138 valence electrons. The van der Waals surface area contributed by atoms with Crippen LogP contribution < -0.4 is 25.0 Å². The van der Waals surface area contributed by atoms with Crippen LogP contribution in [-0.4, -0.2) is 43.5 Å². The molecule has 0 heterocycles. The zero-order chi connectivity index (χ0) is 18.9. The van der Waals surface area contributed by atoms with Gasteiger partial charge in [-0.1, -0.05) is 12.2 Å². The molecule has 1 amide bonds. The average Bonchev–Trinajstić information content (AvgIpc) is 2.70. The Morgan fingerprint density at radius 2 is 1.62 bits per heavy atom. The van der Waals surface area contributed by atoms with E-state index in [-0.39, 0.29) is 10.9 Å². The molecule has 0 aliphatic heterocycles. The Morgan fingerprint density at radius 1 is 1.00 bits per heavy atom. The van der Waals surface area contributed by atoms with Gasteiger partial charge in [-0.3, -0.25) is 15.5 Å². The van der Waals surface area contributed by atoms with Gasteiger partial charge in [-0.15, -0.1) is 0 Å². The molecule has 0 unspecified atom stereocenters. The Labute approximate surface area is 156 Å². The van der Waals surface area contributed by atoms with Crippen molar-refractivity contribution in [3.05, 3.63) is 53.6 Å². The molecular formula is C18H20N2O5S. The van der Waals surface area contributed by atoms with Crippen molar-refractivity contribution in [2.75, 3.05) is 27.4 Å². The fraction of sp³-hybridized carbons (Fsp3) is 0.222. The Hall–Kier alpha value is -2.84. The second-order valence-electron chi connectivity index (χ2n) is 5.17. The second kappa shape index (κ2) is 9.59. The number of methoxy groups -OCH3 is 2. The van der Waals surface area contributed by atoms with Crippen LogP contribution in [0.25, 0.3) is 0 Å². The first kappa shape index (κ1) is 19.5. The smallest absolute Gasteiger partial charge is 0.251 e. The molecule has 7 nitrogen and oxygen atoms in total. The maximum Gasteiger partial charge on any atom is 0.251 e. The van der Waals surface area contributed by atoms with Gasteiger partial charge in [0, 0.05) is 17.2 Å². The number of carbonyl (C=O) groups excluding carboxylic acids is 1. The molecule has 0 aromatic heterocycles. The number of hydrogen-bond donors (Lipinski definition) is 3. The van der Waals surface area contributed by atoms with E-state index in [0.717, 1.165) is 0 Å². The minimum Gasteiger partial charge on any atom is -0.497 e. The third-order valence-corrected chi connectivity index (χ3v) is 3.82. The number of nitrogens with one attached hydrogen (secondary N) is 2. The number of benzene rings is 2. The van der Waals surface area contributed by atoms with Crippen molar-refractivity contribution in [3.8, 4) is 17.2 Å². The van der Waals surface area contributed by atoms with Gasteiger partial charge in [0.1, 0.15) is 28.8 Å². The summed E-state index contributed by atoms with van der Waals surface area (Å²) in [5.41, 5.74) is 3.04. The largest absolute Gasteiger partial charge is 0.497 e. The van der Waals surface area contributed by atoms with Crippen molar-refractivity contribution >= 4 is 23.1 Å². The van der Waals surface area contributed by atoms with Gasteiger partial charge < -0.3 is 19.5 Å². The van der Waals surface area contributed by atoms with Crippen molar-refractivity contribution < 1.29 is 24.2 Å². The number of ether oxygens (including phenoxy) is 3. The summed E-state index contributed by atoms with van der Waals surface area (Å²) in [6, 6.07) is 11.9. The molecule has 0 aliphatic carbocycles. The lowest BCUT2D eigenvalue weighted by Gasteiger charge is -2.10. The molecule has 0 bridgehead atoms. The van der Waals surface area contributed by atoms with Crippen LogP contribution in [0.4, 0.5) is 0 Å². The van der Waals surface area contributed by atoms with Crippen molar-refractivity contribution in [3.63, 3.8) is 0 Å². The quantitative estimate of drug-likeness (QED) is 0.370. The van der Waals surface area contributed by atoms with Crippen LogP contribution in [0.3, 0.4) is 0 Å². The van der Waals surface area contributed by atoms with Gasteiger partial charge in [0.05, 0.1) is 20.8 Å². The number of hydroxylamine groups is 1. The molecule has 0 radical (unpaired) electrons. The standard InChI is InChI=1S/C18H20N2O5S/c1-23-15-9-13(10-16(11-15)24-2)17(21)19-7-8-25-14-5-3-12(4-6-14)18(26)20-22/h3-6,9-11,22H,7-8H2,1-2H3,(H,19,21)(H,20,26). The van der Waals surface area contributed by atoms with E-state index in [1.54, 1.807) is 42.5 Å². The van der Waals surface area contributed by atoms with Gasteiger partial charge in [0.2, 0.25) is 0 Å². The normalized spacial score (nSPS) is 9.96. The fourth-order valence-corrected chi connectivity index (χ4v) is 2.28. The summed E-state index contributed by atoms with van der Waals surface area (Å²) < 4.78 is 15.9. The van der Waals surface area contributed by atoms with E-state index in [4.69, 9.17) is 31.6 Å². The maximum atomic E-state index is 12.2. The Balaban J connectivity index is 1.84. The van der Waals surface area contributed by atoms with E-state index in [9.17, 15) is 4.79 Å². The molecule has 2 aromatic carbocycles. The lowest BCUT2D eigenvalue weighted by molar-refractivity contribution is 0.0946. The number of thiocarbonyl (C=S) groups is 1. The van der Waals surface area contributed by atoms with E-state index < -0.39 is 0 Å². The third-order valence-electron chi connectivity index (χ3n) is 3.49. The monoisotopic (exact) mass is 376 g/mol. The summed E-state index contributed by atoms with van der Waals surface area (Å²) in [6.45, 7) is 0.631. The van der Waals surface area contributed by atoms with Crippen molar-refractivity contribution in [2.45, 2.75) is 0 Å². The molecule has 2 rings (SSSR count). The van der Waals surface area contributed by atoms with Crippen LogP contribution in [0.5, 0.6) is 17.2 Å². The second-order valence-corrected chi connectivity index (χ2v) is 5.58. The highest BCUT2D eigenvalue weighted by Gasteiger charge is 2.09. The Morgan fingerprint density at radius 3 is 2.15 bits per heavy atom.